The van der Waals surface area contributed by atoms with Crippen molar-refractivity contribution in [3.63, 3.8) is 0 Å². The summed E-state index contributed by atoms with van der Waals surface area (Å²) in [4.78, 5) is 56.4. The molecule has 1 N–H and O–H groups in total. The number of hydrogen-bond acceptors (Lipinski definition) is 10. The molecular weight excluding hydrogens is 690 g/mol. The first-order valence-corrected chi connectivity index (χ1v) is 17.3. The number of aryl methyl sites for hydroxylation is 1. The van der Waals surface area contributed by atoms with E-state index in [1.807, 2.05) is 13.8 Å². The number of carbonyl (C=O) groups is 2. The third-order valence-corrected chi connectivity index (χ3v) is 9.65. The lowest BCUT2D eigenvalue weighted by Crippen LogP contribution is -2.76. The van der Waals surface area contributed by atoms with Crippen molar-refractivity contribution in [2.45, 2.75) is 71.6 Å². The van der Waals surface area contributed by atoms with Crippen LogP contribution in [0.15, 0.2) is 41.3 Å². The number of aliphatic hydroxyl groups excluding tert-OH is 1. The largest absolute Gasteiger partial charge is 0.467 e. The normalized spacial score (nSPS) is 18.8. The Morgan fingerprint density at radius 2 is 1.83 bits per heavy atom. The number of hydrogen-bond donors (Lipinski definition) is 1. The first kappa shape index (κ1) is 37.6. The Morgan fingerprint density at radius 1 is 1.11 bits per heavy atom. The molecule has 3 aromatic heterocycles. The van der Waals surface area contributed by atoms with Gasteiger partial charge in [0.2, 0.25) is 0 Å². The summed E-state index contributed by atoms with van der Waals surface area (Å²) >= 11 is 0. The zero-order chi connectivity index (χ0) is 38.7. The monoisotopic (exact) mass is 734 g/mol. The van der Waals surface area contributed by atoms with Gasteiger partial charge in [0.1, 0.15) is 28.5 Å². The number of fused-ring (bicyclic) bond motifs is 5. The lowest BCUT2D eigenvalue weighted by atomic mass is 9.86. The highest BCUT2D eigenvalue weighted by Crippen LogP contribution is 2.47. The zero-order valence-corrected chi connectivity index (χ0v) is 31.3. The molecule has 0 radical (unpaired) electrons. The van der Waals surface area contributed by atoms with E-state index < -0.39 is 58.7 Å². The quantitative estimate of drug-likeness (QED) is 0.249. The molecule has 1 saturated heterocycles. The van der Waals surface area contributed by atoms with Crippen LogP contribution in [0, 0.1) is 18.6 Å². The maximum atomic E-state index is 16.7. The number of methoxy groups -OCH3 is 1. The SMILES string of the molecule is COCOc1cccc(F)c1-c1nc2c(cc1F)c1c(c(=O)n2-c2c(C)ccnc2C(C)C)N(C)C(=O)[C@@]2(CO)CN(C(=O)OC(C)(C)C)[C@H](C)CN12. The number of amides is 2. The van der Waals surface area contributed by atoms with Crippen molar-refractivity contribution in [2.24, 2.45) is 0 Å². The van der Waals surface area contributed by atoms with Gasteiger partial charge in [-0.2, -0.15) is 0 Å². The minimum absolute atomic E-state index is 0.0402. The lowest BCUT2D eigenvalue weighted by Gasteiger charge is -2.56. The predicted octanol–water partition coefficient (Wildman–Crippen LogP) is 5.29. The number of likely N-dealkylation sites (N-methyl/N-ethyl adjacent to an activating group) is 1. The number of nitrogens with zero attached hydrogens (tertiary/aromatic N) is 6. The maximum absolute atomic E-state index is 16.7. The Labute approximate surface area is 305 Å². The summed E-state index contributed by atoms with van der Waals surface area (Å²) in [5.74, 6) is -2.65. The third-order valence-electron chi connectivity index (χ3n) is 9.65. The number of carbonyl (C=O) groups excluding carboxylic acids is 2. The second-order valence-electron chi connectivity index (χ2n) is 14.8. The van der Waals surface area contributed by atoms with Crippen molar-refractivity contribution in [3.8, 4) is 22.7 Å². The van der Waals surface area contributed by atoms with Crippen LogP contribution in [0.5, 0.6) is 5.75 Å². The molecule has 0 aliphatic carbocycles. The molecule has 4 aromatic rings. The number of pyridine rings is 3. The van der Waals surface area contributed by atoms with E-state index in [0.29, 0.717) is 16.9 Å². The van der Waals surface area contributed by atoms with Gasteiger partial charge in [-0.1, -0.05) is 19.9 Å². The molecule has 15 heteroatoms. The average molecular weight is 735 g/mol. The summed E-state index contributed by atoms with van der Waals surface area (Å²) in [6.45, 7) is 11.2. The molecule has 2 amide bonds. The number of aliphatic hydroxyl groups is 1. The number of ether oxygens (including phenoxy) is 3. The van der Waals surface area contributed by atoms with Gasteiger partial charge in [-0.3, -0.25) is 19.1 Å². The summed E-state index contributed by atoms with van der Waals surface area (Å²) in [5, 5.41) is 11.2. The highest BCUT2D eigenvalue weighted by Gasteiger charge is 2.57. The second kappa shape index (κ2) is 13.7. The molecule has 282 valence electrons. The molecule has 2 aliphatic rings. The molecule has 0 unspecified atom stereocenters. The van der Waals surface area contributed by atoms with Gasteiger partial charge in [0, 0.05) is 38.3 Å². The fourth-order valence-corrected chi connectivity index (χ4v) is 7.21. The average Bonchev–Trinajstić information content (AvgIpc) is 3.09. The third kappa shape index (κ3) is 6.14. The van der Waals surface area contributed by atoms with Crippen LogP contribution in [-0.2, 0) is 14.3 Å². The Balaban J connectivity index is 1.72. The highest BCUT2D eigenvalue weighted by atomic mass is 19.1. The van der Waals surface area contributed by atoms with Crippen LogP contribution in [0.3, 0.4) is 0 Å². The van der Waals surface area contributed by atoms with Crippen LogP contribution < -0.4 is 20.1 Å². The van der Waals surface area contributed by atoms with Gasteiger partial charge >= 0.3 is 6.09 Å². The van der Waals surface area contributed by atoms with E-state index in [9.17, 15) is 14.7 Å². The first-order chi connectivity index (χ1) is 25.0. The minimum Gasteiger partial charge on any atom is -0.467 e. The Kier molecular flexibility index (Phi) is 9.71. The molecule has 2 atom stereocenters. The van der Waals surface area contributed by atoms with Gasteiger partial charge in [0.25, 0.3) is 11.5 Å². The van der Waals surface area contributed by atoms with Crippen molar-refractivity contribution in [2.75, 3.05) is 50.4 Å². The van der Waals surface area contributed by atoms with Gasteiger partial charge in [-0.25, -0.2) is 18.6 Å². The van der Waals surface area contributed by atoms with E-state index in [4.69, 9.17) is 19.2 Å². The van der Waals surface area contributed by atoms with E-state index in [-0.39, 0.29) is 59.5 Å². The van der Waals surface area contributed by atoms with E-state index in [1.165, 1.54) is 35.8 Å². The number of benzene rings is 1. The van der Waals surface area contributed by atoms with Crippen molar-refractivity contribution in [1.82, 2.24) is 19.4 Å². The Hall–Kier alpha value is -5.15. The molecule has 0 spiro atoms. The van der Waals surface area contributed by atoms with Crippen LogP contribution in [0.2, 0.25) is 0 Å². The molecule has 2 aliphatic heterocycles. The first-order valence-electron chi connectivity index (χ1n) is 17.3. The number of anilines is 2. The Morgan fingerprint density at radius 3 is 2.47 bits per heavy atom. The van der Waals surface area contributed by atoms with Crippen molar-refractivity contribution >= 4 is 34.4 Å². The number of rotatable bonds is 7. The number of halogens is 2. The van der Waals surface area contributed by atoms with Crippen LogP contribution in [0.4, 0.5) is 25.0 Å². The van der Waals surface area contributed by atoms with Crippen LogP contribution in [0.25, 0.3) is 28.0 Å². The van der Waals surface area contributed by atoms with Crippen LogP contribution >= 0.6 is 0 Å². The van der Waals surface area contributed by atoms with Crippen LogP contribution in [-0.4, -0.2) is 94.4 Å². The lowest BCUT2D eigenvalue weighted by molar-refractivity contribution is -0.127. The number of aromatic nitrogens is 3. The molecule has 6 rings (SSSR count). The fraction of sp³-hybridized carbons (Fsp3) is 0.447. The van der Waals surface area contributed by atoms with E-state index >= 15 is 13.6 Å². The summed E-state index contributed by atoms with van der Waals surface area (Å²) in [6.07, 6.45) is 0.939. The summed E-state index contributed by atoms with van der Waals surface area (Å²) < 4.78 is 50.0. The second-order valence-corrected chi connectivity index (χ2v) is 14.8. The summed E-state index contributed by atoms with van der Waals surface area (Å²) in [5.41, 5.74) is -2.49. The molecular formula is C38H44F2N6O7. The van der Waals surface area contributed by atoms with Gasteiger partial charge in [0.15, 0.2) is 23.8 Å². The van der Waals surface area contributed by atoms with Crippen molar-refractivity contribution in [1.29, 1.82) is 0 Å². The number of piperazine rings is 1. The Bertz CT molecular complexity index is 2190. The summed E-state index contributed by atoms with van der Waals surface area (Å²) in [7, 11) is 2.79. The van der Waals surface area contributed by atoms with Crippen molar-refractivity contribution in [3.05, 3.63) is 69.8 Å². The minimum atomic E-state index is -1.79. The molecule has 53 heavy (non-hydrogen) atoms. The predicted molar refractivity (Wildman–Crippen MR) is 195 cm³/mol. The highest BCUT2D eigenvalue weighted by molar-refractivity contribution is 6.14. The zero-order valence-electron chi connectivity index (χ0n) is 31.3. The van der Waals surface area contributed by atoms with Crippen molar-refractivity contribution < 1.29 is 37.7 Å². The van der Waals surface area contributed by atoms with Gasteiger partial charge < -0.3 is 34.0 Å². The molecule has 5 heterocycles. The van der Waals surface area contributed by atoms with Crippen LogP contribution in [0.1, 0.15) is 58.7 Å². The van der Waals surface area contributed by atoms with E-state index in [0.717, 1.165) is 17.0 Å². The fourth-order valence-electron chi connectivity index (χ4n) is 7.21. The molecule has 13 nitrogen and oxygen atoms in total. The van der Waals surface area contributed by atoms with Gasteiger partial charge in [-0.15, -0.1) is 0 Å². The molecule has 0 saturated carbocycles. The van der Waals surface area contributed by atoms with Gasteiger partial charge in [-0.05, 0) is 70.4 Å². The molecule has 1 fully saturated rings. The van der Waals surface area contributed by atoms with E-state index in [1.54, 1.807) is 51.8 Å². The van der Waals surface area contributed by atoms with E-state index in [2.05, 4.69) is 4.98 Å². The molecule has 0 bridgehead atoms. The maximum Gasteiger partial charge on any atom is 0.410 e. The standard InChI is InChI=1S/C38H44F2N6O7/c1-20(2)28-30(21(3)13-14-41-28)46-33-23(15-25(40)29(42-33)27-24(39)11-10-12-26(27)52-19-51-9)31-32(34(46)48)43(8)35(49)38(18-47)17-44(22(4)16-45(31)38)36(50)53-37(5,6)7/h10-15,20,22,47H,16-19H2,1-9H3/t22-,38+/m1/s1. The molecule has 1 aromatic carbocycles. The van der Waals surface area contributed by atoms with Gasteiger partial charge in [0.05, 0.1) is 35.8 Å². The smallest absolute Gasteiger partial charge is 0.410 e. The topological polar surface area (TPSA) is 140 Å². The summed E-state index contributed by atoms with van der Waals surface area (Å²) in [6, 6.07) is 6.28.